The van der Waals surface area contributed by atoms with Crippen molar-refractivity contribution in [1.82, 2.24) is 9.80 Å². The van der Waals surface area contributed by atoms with Crippen molar-refractivity contribution in [3.05, 3.63) is 29.3 Å². The van der Waals surface area contributed by atoms with E-state index in [0.717, 1.165) is 36.3 Å². The minimum Gasteiger partial charge on any atom is -0.341 e. The molecular formula is C19H29N3O2. The topological polar surface area (TPSA) is 52.7 Å². The first-order valence-corrected chi connectivity index (χ1v) is 8.69. The number of hydrogen-bond donors (Lipinski definition) is 1. The van der Waals surface area contributed by atoms with E-state index >= 15 is 0 Å². The van der Waals surface area contributed by atoms with Crippen LogP contribution in [0.3, 0.4) is 0 Å². The van der Waals surface area contributed by atoms with E-state index in [9.17, 15) is 9.59 Å². The Morgan fingerprint density at radius 1 is 1.29 bits per heavy atom. The highest BCUT2D eigenvalue weighted by Gasteiger charge is 2.22. The van der Waals surface area contributed by atoms with Gasteiger partial charge in [0, 0.05) is 18.8 Å². The lowest BCUT2D eigenvalue weighted by molar-refractivity contribution is -0.134. The third kappa shape index (κ3) is 5.06. The first kappa shape index (κ1) is 18.5. The molecule has 0 unspecified atom stereocenters. The van der Waals surface area contributed by atoms with Crippen LogP contribution in [0, 0.1) is 19.8 Å². The number of rotatable bonds is 5. The van der Waals surface area contributed by atoms with E-state index in [4.69, 9.17) is 0 Å². The van der Waals surface area contributed by atoms with Crippen molar-refractivity contribution in [2.45, 2.75) is 33.6 Å². The van der Waals surface area contributed by atoms with Crippen molar-refractivity contribution in [2.75, 3.05) is 38.5 Å². The molecule has 5 nitrogen and oxygen atoms in total. The maximum absolute atomic E-state index is 12.3. The molecule has 24 heavy (non-hydrogen) atoms. The van der Waals surface area contributed by atoms with Gasteiger partial charge in [-0.15, -0.1) is 0 Å². The van der Waals surface area contributed by atoms with Crippen LogP contribution in [0.1, 0.15) is 30.9 Å². The SMILES string of the molecule is Cc1cccc(NC(=O)CN(C)CC(=O)N2CCC[C@@H](C)C2)c1C. The number of piperidine rings is 1. The molecule has 1 aromatic carbocycles. The van der Waals surface area contributed by atoms with Gasteiger partial charge in [0.25, 0.3) is 0 Å². The maximum atomic E-state index is 12.3. The van der Waals surface area contributed by atoms with Gasteiger partial charge in [-0.05, 0) is 56.8 Å². The number of likely N-dealkylation sites (N-methyl/N-ethyl adjacent to an activating group) is 1. The van der Waals surface area contributed by atoms with Crippen LogP contribution in [0.25, 0.3) is 0 Å². The summed E-state index contributed by atoms with van der Waals surface area (Å²) in [5.41, 5.74) is 3.06. The van der Waals surface area contributed by atoms with Crippen LogP contribution >= 0.6 is 0 Å². The lowest BCUT2D eigenvalue weighted by atomic mass is 10.0. The zero-order valence-corrected chi connectivity index (χ0v) is 15.3. The monoisotopic (exact) mass is 331 g/mol. The highest BCUT2D eigenvalue weighted by Crippen LogP contribution is 2.18. The zero-order valence-electron chi connectivity index (χ0n) is 15.3. The molecule has 2 amide bonds. The van der Waals surface area contributed by atoms with E-state index in [2.05, 4.69) is 12.2 Å². The highest BCUT2D eigenvalue weighted by atomic mass is 16.2. The average Bonchev–Trinajstić information content (AvgIpc) is 2.51. The van der Waals surface area contributed by atoms with Gasteiger partial charge < -0.3 is 10.2 Å². The summed E-state index contributed by atoms with van der Waals surface area (Å²) >= 11 is 0. The molecule has 2 rings (SSSR count). The van der Waals surface area contributed by atoms with Crippen molar-refractivity contribution in [3.63, 3.8) is 0 Å². The minimum atomic E-state index is -0.0917. The minimum absolute atomic E-state index is 0.0917. The van der Waals surface area contributed by atoms with E-state index in [1.165, 1.54) is 6.42 Å². The first-order chi connectivity index (χ1) is 11.4. The van der Waals surface area contributed by atoms with Crippen LogP contribution in [-0.2, 0) is 9.59 Å². The van der Waals surface area contributed by atoms with Crippen molar-refractivity contribution in [1.29, 1.82) is 0 Å². The summed E-state index contributed by atoms with van der Waals surface area (Å²) in [6.45, 7) is 8.37. The van der Waals surface area contributed by atoms with E-state index in [1.54, 1.807) is 4.90 Å². The predicted molar refractivity (Wildman–Crippen MR) is 97.0 cm³/mol. The average molecular weight is 331 g/mol. The standard InChI is InChI=1S/C19H29N3O2/c1-14-7-6-10-22(11-14)19(24)13-21(4)12-18(23)20-17-9-5-8-15(2)16(17)3/h5,8-9,14H,6-7,10-13H2,1-4H3,(H,20,23)/t14-/m1/s1. The van der Waals surface area contributed by atoms with Crippen LogP contribution in [0.15, 0.2) is 18.2 Å². The van der Waals surface area contributed by atoms with E-state index < -0.39 is 0 Å². The van der Waals surface area contributed by atoms with E-state index in [0.29, 0.717) is 5.92 Å². The van der Waals surface area contributed by atoms with Crippen molar-refractivity contribution < 1.29 is 9.59 Å². The summed E-state index contributed by atoms with van der Waals surface area (Å²) in [6, 6.07) is 5.86. The summed E-state index contributed by atoms with van der Waals surface area (Å²) < 4.78 is 0. The quantitative estimate of drug-likeness (QED) is 0.901. The third-order valence-corrected chi connectivity index (χ3v) is 4.71. The van der Waals surface area contributed by atoms with Crippen LogP contribution in [-0.4, -0.2) is 54.8 Å². The Morgan fingerprint density at radius 3 is 2.75 bits per heavy atom. The number of nitrogens with one attached hydrogen (secondary N) is 1. The summed E-state index contributed by atoms with van der Waals surface area (Å²) in [4.78, 5) is 28.3. The number of hydrogen-bond acceptors (Lipinski definition) is 3. The molecule has 0 spiro atoms. The number of carbonyl (C=O) groups excluding carboxylic acids is 2. The molecule has 0 bridgehead atoms. The molecule has 1 atom stereocenters. The van der Waals surface area contributed by atoms with Crippen LogP contribution in [0.4, 0.5) is 5.69 Å². The largest absolute Gasteiger partial charge is 0.341 e. The van der Waals surface area contributed by atoms with Gasteiger partial charge in [0.2, 0.25) is 11.8 Å². The van der Waals surface area contributed by atoms with Crippen LogP contribution in [0.5, 0.6) is 0 Å². The van der Waals surface area contributed by atoms with Gasteiger partial charge in [-0.1, -0.05) is 19.1 Å². The number of benzene rings is 1. The number of anilines is 1. The van der Waals surface area contributed by atoms with Gasteiger partial charge in [0.05, 0.1) is 13.1 Å². The summed E-state index contributed by atoms with van der Waals surface area (Å²) in [7, 11) is 1.81. The Balaban J connectivity index is 1.83. The zero-order chi connectivity index (χ0) is 17.7. The highest BCUT2D eigenvalue weighted by molar-refractivity contribution is 5.93. The molecule has 5 heteroatoms. The fraction of sp³-hybridized carbons (Fsp3) is 0.579. The first-order valence-electron chi connectivity index (χ1n) is 8.69. The van der Waals surface area contributed by atoms with Gasteiger partial charge in [-0.3, -0.25) is 14.5 Å². The van der Waals surface area contributed by atoms with Crippen LogP contribution < -0.4 is 5.32 Å². The predicted octanol–water partition coefficient (Wildman–Crippen LogP) is 2.43. The molecule has 0 saturated carbocycles. The van der Waals surface area contributed by atoms with Gasteiger partial charge in [-0.2, -0.15) is 0 Å². The normalized spacial score (nSPS) is 17.9. The maximum Gasteiger partial charge on any atom is 0.238 e. The molecule has 0 aliphatic carbocycles. The van der Waals surface area contributed by atoms with Gasteiger partial charge in [0.1, 0.15) is 0 Å². The van der Waals surface area contributed by atoms with Gasteiger partial charge in [0.15, 0.2) is 0 Å². The van der Waals surface area contributed by atoms with E-state index in [1.807, 2.05) is 44.0 Å². The Bertz CT molecular complexity index is 600. The van der Waals surface area contributed by atoms with Gasteiger partial charge in [-0.25, -0.2) is 0 Å². The Labute approximate surface area is 145 Å². The van der Waals surface area contributed by atoms with Gasteiger partial charge >= 0.3 is 0 Å². The number of nitrogens with zero attached hydrogens (tertiary/aromatic N) is 2. The number of aryl methyl sites for hydroxylation is 1. The van der Waals surface area contributed by atoms with Crippen molar-refractivity contribution in [2.24, 2.45) is 5.92 Å². The number of carbonyl (C=O) groups is 2. The molecule has 1 heterocycles. The lowest BCUT2D eigenvalue weighted by Gasteiger charge is -2.32. The Kier molecular flexibility index (Phi) is 6.37. The molecule has 0 radical (unpaired) electrons. The second-order valence-electron chi connectivity index (χ2n) is 7.06. The lowest BCUT2D eigenvalue weighted by Crippen LogP contribution is -2.45. The Hall–Kier alpha value is -1.88. The van der Waals surface area contributed by atoms with Crippen molar-refractivity contribution in [3.8, 4) is 0 Å². The third-order valence-electron chi connectivity index (χ3n) is 4.71. The summed E-state index contributed by atoms with van der Waals surface area (Å²) in [6.07, 6.45) is 2.27. The number of likely N-dealkylation sites (tertiary alicyclic amines) is 1. The molecular weight excluding hydrogens is 302 g/mol. The molecule has 1 saturated heterocycles. The molecule has 1 aliphatic heterocycles. The second kappa shape index (κ2) is 8.29. The van der Waals surface area contributed by atoms with E-state index in [-0.39, 0.29) is 24.9 Å². The molecule has 1 aromatic rings. The summed E-state index contributed by atoms with van der Waals surface area (Å²) in [5.74, 6) is 0.593. The fourth-order valence-corrected chi connectivity index (χ4v) is 3.12. The molecule has 1 aliphatic rings. The number of amides is 2. The molecule has 1 fully saturated rings. The second-order valence-corrected chi connectivity index (χ2v) is 7.06. The molecule has 132 valence electrons. The summed E-state index contributed by atoms with van der Waals surface area (Å²) in [5, 5.41) is 2.94. The Morgan fingerprint density at radius 2 is 2.04 bits per heavy atom. The van der Waals surface area contributed by atoms with Crippen molar-refractivity contribution >= 4 is 17.5 Å². The molecule has 1 N–H and O–H groups in total. The molecule has 0 aromatic heterocycles. The smallest absolute Gasteiger partial charge is 0.238 e. The van der Waals surface area contributed by atoms with Crippen LogP contribution in [0.2, 0.25) is 0 Å². The fourth-order valence-electron chi connectivity index (χ4n) is 3.12.